The number of nitrogens with one attached hydrogen (secondary N) is 1. The van der Waals surface area contributed by atoms with Crippen molar-refractivity contribution >= 4 is 43.8 Å². The van der Waals surface area contributed by atoms with E-state index < -0.39 is 5.82 Å². The van der Waals surface area contributed by atoms with Crippen LogP contribution in [0.1, 0.15) is 0 Å². The number of halogens is 1. The second-order valence-corrected chi connectivity index (χ2v) is 5.87. The number of nitrogens with zero attached hydrogens (tertiary/aromatic N) is 2. The van der Waals surface area contributed by atoms with E-state index in [4.69, 9.17) is 10.2 Å². The largest absolute Gasteiger partial charge is 0.420 e. The SMILES string of the molecule is CNc1nc2cc(-c3ccc4nc(N)sc4c3)cc(F)c2o1. The van der Waals surface area contributed by atoms with Crippen LogP contribution >= 0.6 is 11.3 Å². The molecule has 0 aliphatic heterocycles. The summed E-state index contributed by atoms with van der Waals surface area (Å²) in [5.41, 5.74) is 8.79. The predicted octanol–water partition coefficient (Wildman–Crippen LogP) is 3.87. The van der Waals surface area contributed by atoms with Gasteiger partial charge in [-0.1, -0.05) is 17.4 Å². The summed E-state index contributed by atoms with van der Waals surface area (Å²) < 4.78 is 20.5. The number of aromatic nitrogens is 2. The Balaban J connectivity index is 1.90. The summed E-state index contributed by atoms with van der Waals surface area (Å²) in [6.45, 7) is 0. The van der Waals surface area contributed by atoms with Crippen molar-refractivity contribution in [3.63, 3.8) is 0 Å². The van der Waals surface area contributed by atoms with Gasteiger partial charge in [-0.2, -0.15) is 4.98 Å². The van der Waals surface area contributed by atoms with Gasteiger partial charge in [0.1, 0.15) is 5.52 Å². The van der Waals surface area contributed by atoms with E-state index in [0.29, 0.717) is 10.6 Å². The van der Waals surface area contributed by atoms with E-state index in [1.54, 1.807) is 13.1 Å². The van der Waals surface area contributed by atoms with Gasteiger partial charge in [0.05, 0.1) is 10.2 Å². The minimum atomic E-state index is -0.439. The summed E-state index contributed by atoms with van der Waals surface area (Å²) in [6, 6.07) is 9.25. The van der Waals surface area contributed by atoms with Crippen LogP contribution in [0.5, 0.6) is 0 Å². The number of benzene rings is 2. The molecule has 22 heavy (non-hydrogen) atoms. The maximum Gasteiger partial charge on any atom is 0.295 e. The lowest BCUT2D eigenvalue weighted by molar-refractivity contribution is 0.565. The predicted molar refractivity (Wildman–Crippen MR) is 86.5 cm³/mol. The molecule has 4 aromatic rings. The molecule has 0 aliphatic carbocycles. The normalized spacial score (nSPS) is 11.4. The number of nitrogen functional groups attached to an aromatic ring is 1. The topological polar surface area (TPSA) is 77.0 Å². The molecule has 0 saturated carbocycles. The smallest absolute Gasteiger partial charge is 0.295 e. The molecule has 0 spiro atoms. The van der Waals surface area contributed by atoms with E-state index in [-0.39, 0.29) is 11.6 Å². The van der Waals surface area contributed by atoms with Crippen LogP contribution in [-0.2, 0) is 0 Å². The maximum atomic E-state index is 14.2. The van der Waals surface area contributed by atoms with Crippen LogP contribution in [0.25, 0.3) is 32.4 Å². The van der Waals surface area contributed by atoms with Gasteiger partial charge in [0, 0.05) is 7.05 Å². The molecule has 110 valence electrons. The first-order valence-electron chi connectivity index (χ1n) is 6.58. The number of oxazole rings is 1. The lowest BCUT2D eigenvalue weighted by Gasteiger charge is -2.02. The van der Waals surface area contributed by atoms with Gasteiger partial charge in [-0.3, -0.25) is 0 Å². The van der Waals surface area contributed by atoms with Gasteiger partial charge >= 0.3 is 0 Å². The third-order valence-corrected chi connectivity index (χ3v) is 4.24. The van der Waals surface area contributed by atoms with E-state index >= 15 is 0 Å². The van der Waals surface area contributed by atoms with E-state index in [1.807, 2.05) is 18.2 Å². The third-order valence-electron chi connectivity index (χ3n) is 3.40. The third kappa shape index (κ3) is 1.98. The summed E-state index contributed by atoms with van der Waals surface area (Å²) in [5.74, 6) is -0.439. The van der Waals surface area contributed by atoms with Crippen molar-refractivity contribution in [1.82, 2.24) is 9.97 Å². The lowest BCUT2D eigenvalue weighted by atomic mass is 10.0. The molecule has 0 bridgehead atoms. The first kappa shape index (κ1) is 13.0. The zero-order valence-corrected chi connectivity index (χ0v) is 12.4. The van der Waals surface area contributed by atoms with E-state index in [2.05, 4.69) is 15.3 Å². The highest BCUT2D eigenvalue weighted by molar-refractivity contribution is 7.22. The van der Waals surface area contributed by atoms with Crippen LogP contribution in [-0.4, -0.2) is 17.0 Å². The van der Waals surface area contributed by atoms with Crippen molar-refractivity contribution < 1.29 is 8.81 Å². The van der Waals surface area contributed by atoms with Crippen LogP contribution in [0, 0.1) is 5.82 Å². The lowest BCUT2D eigenvalue weighted by Crippen LogP contribution is -1.85. The Morgan fingerprint density at radius 1 is 1.14 bits per heavy atom. The van der Waals surface area contributed by atoms with Crippen molar-refractivity contribution in [1.29, 1.82) is 0 Å². The summed E-state index contributed by atoms with van der Waals surface area (Å²) in [7, 11) is 1.67. The molecule has 0 amide bonds. The molecule has 0 aliphatic rings. The summed E-state index contributed by atoms with van der Waals surface area (Å²) in [4.78, 5) is 8.41. The molecule has 2 heterocycles. The molecule has 0 unspecified atom stereocenters. The van der Waals surface area contributed by atoms with Crippen LogP contribution in [0.3, 0.4) is 0 Å². The highest BCUT2D eigenvalue weighted by Crippen LogP contribution is 2.32. The van der Waals surface area contributed by atoms with Gasteiger partial charge in [-0.15, -0.1) is 0 Å². The molecule has 5 nitrogen and oxygen atoms in total. The van der Waals surface area contributed by atoms with Gasteiger partial charge in [0.25, 0.3) is 6.01 Å². The number of anilines is 2. The highest BCUT2D eigenvalue weighted by Gasteiger charge is 2.13. The molecule has 3 N–H and O–H groups in total. The zero-order chi connectivity index (χ0) is 15.3. The molecule has 0 atom stereocenters. The Labute approximate surface area is 128 Å². The summed E-state index contributed by atoms with van der Waals surface area (Å²) >= 11 is 1.41. The number of thiazole rings is 1. The number of hydrogen-bond acceptors (Lipinski definition) is 6. The molecule has 7 heteroatoms. The first-order chi connectivity index (χ1) is 10.6. The van der Waals surface area contributed by atoms with Crippen LogP contribution in [0.4, 0.5) is 15.5 Å². The number of nitrogens with two attached hydrogens (primary N) is 1. The van der Waals surface area contributed by atoms with Crippen molar-refractivity contribution in [2.75, 3.05) is 18.1 Å². The van der Waals surface area contributed by atoms with Crippen molar-refractivity contribution in [2.24, 2.45) is 0 Å². The van der Waals surface area contributed by atoms with Gasteiger partial charge in [-0.05, 0) is 35.4 Å². The number of hydrogen-bond donors (Lipinski definition) is 2. The fraction of sp³-hybridized carbons (Fsp3) is 0.0667. The molecule has 0 fully saturated rings. The van der Waals surface area contributed by atoms with Crippen LogP contribution in [0.15, 0.2) is 34.7 Å². The van der Waals surface area contributed by atoms with E-state index in [1.165, 1.54) is 17.4 Å². The minimum absolute atomic E-state index is 0.149. The average molecular weight is 314 g/mol. The first-order valence-corrected chi connectivity index (χ1v) is 7.40. The van der Waals surface area contributed by atoms with Gasteiger partial charge < -0.3 is 15.5 Å². The Hall–Kier alpha value is -2.67. The Bertz CT molecular complexity index is 1010. The molecule has 2 aromatic carbocycles. The fourth-order valence-corrected chi connectivity index (χ4v) is 3.16. The number of fused-ring (bicyclic) bond motifs is 2. The monoisotopic (exact) mass is 314 g/mol. The fourth-order valence-electron chi connectivity index (χ4n) is 2.39. The van der Waals surface area contributed by atoms with E-state index in [9.17, 15) is 4.39 Å². The van der Waals surface area contributed by atoms with Crippen molar-refractivity contribution in [3.8, 4) is 11.1 Å². The quantitative estimate of drug-likeness (QED) is 0.587. The number of rotatable bonds is 2. The van der Waals surface area contributed by atoms with Gasteiger partial charge in [0.15, 0.2) is 16.5 Å². The van der Waals surface area contributed by atoms with E-state index in [0.717, 1.165) is 21.3 Å². The zero-order valence-electron chi connectivity index (χ0n) is 11.6. The average Bonchev–Trinajstić information content (AvgIpc) is 3.08. The minimum Gasteiger partial charge on any atom is -0.420 e. The molecule has 2 aromatic heterocycles. The summed E-state index contributed by atoms with van der Waals surface area (Å²) in [6.07, 6.45) is 0. The second-order valence-electron chi connectivity index (χ2n) is 4.81. The Morgan fingerprint density at radius 3 is 2.82 bits per heavy atom. The molecule has 4 rings (SSSR count). The van der Waals surface area contributed by atoms with Crippen LogP contribution in [0.2, 0.25) is 0 Å². The van der Waals surface area contributed by atoms with Crippen LogP contribution < -0.4 is 11.1 Å². The highest BCUT2D eigenvalue weighted by atomic mass is 32.1. The summed E-state index contributed by atoms with van der Waals surface area (Å²) in [5, 5.41) is 3.28. The van der Waals surface area contributed by atoms with Gasteiger partial charge in [0.2, 0.25) is 0 Å². The Morgan fingerprint density at radius 2 is 2.00 bits per heavy atom. The second kappa shape index (κ2) is 4.67. The Kier molecular flexibility index (Phi) is 2.77. The molecular weight excluding hydrogens is 303 g/mol. The maximum absolute atomic E-state index is 14.2. The van der Waals surface area contributed by atoms with Crippen molar-refractivity contribution in [3.05, 3.63) is 36.1 Å². The van der Waals surface area contributed by atoms with Gasteiger partial charge in [-0.25, -0.2) is 9.37 Å². The van der Waals surface area contributed by atoms with Crippen molar-refractivity contribution in [2.45, 2.75) is 0 Å². The molecular formula is C15H11FN4OS. The standard InChI is InChI=1S/C15H11FN4OS/c1-18-15-20-11-5-8(4-9(16)13(11)21-15)7-2-3-10-12(6-7)22-14(17)19-10/h2-6H,1H3,(H2,17,19)(H,18,20). The molecule has 0 saturated heterocycles. The molecule has 0 radical (unpaired) electrons.